The number of carbonyl (C=O) groups is 2. The summed E-state index contributed by atoms with van der Waals surface area (Å²) in [4.78, 5) is 30.3. The predicted molar refractivity (Wildman–Crippen MR) is 135 cm³/mol. The first kappa shape index (κ1) is 23.5. The third-order valence-electron chi connectivity index (χ3n) is 7.05. The molecule has 2 aromatic carbocycles. The number of amides is 2. The van der Waals surface area contributed by atoms with Crippen LogP contribution in [0.4, 0.5) is 5.69 Å². The first-order valence-corrected chi connectivity index (χ1v) is 12.5. The lowest BCUT2D eigenvalue weighted by atomic mass is 9.80. The van der Waals surface area contributed by atoms with Crippen molar-refractivity contribution in [3.63, 3.8) is 0 Å². The second-order valence-corrected chi connectivity index (χ2v) is 9.71. The minimum Gasteiger partial charge on any atom is -0.497 e. The number of fused-ring (bicyclic) bond motifs is 3. The number of nitrogens with one attached hydrogen (secondary N) is 2. The Morgan fingerprint density at radius 1 is 1.20 bits per heavy atom. The second kappa shape index (κ2) is 10.2. The fraction of sp³-hybridized carbons (Fsp3) is 0.423. The fourth-order valence-electron chi connectivity index (χ4n) is 5.34. The lowest BCUT2D eigenvalue weighted by Crippen LogP contribution is -2.67. The number of benzene rings is 2. The Morgan fingerprint density at radius 2 is 2.00 bits per heavy atom. The van der Waals surface area contributed by atoms with Crippen molar-refractivity contribution in [3.05, 3.63) is 59.1 Å². The van der Waals surface area contributed by atoms with Crippen molar-refractivity contribution >= 4 is 34.9 Å². The zero-order chi connectivity index (χ0) is 24.4. The summed E-state index contributed by atoms with van der Waals surface area (Å²) in [5.41, 5.74) is 4.90. The first-order valence-electron chi connectivity index (χ1n) is 12.1. The number of halogens is 1. The molecule has 35 heavy (non-hydrogen) atoms. The van der Waals surface area contributed by atoms with Gasteiger partial charge >= 0.3 is 0 Å². The normalized spacial score (nSPS) is 23.2. The Hall–Kier alpha value is -3.26. The molecular weight excluding hydrogens is 466 g/mol. The lowest BCUT2D eigenvalue weighted by molar-refractivity contribution is -0.156. The quantitative estimate of drug-likeness (QED) is 0.602. The summed E-state index contributed by atoms with van der Waals surface area (Å²) in [6, 6.07) is 15.0. The number of amidine groups is 1. The van der Waals surface area contributed by atoms with Gasteiger partial charge in [-0.3, -0.25) is 19.9 Å². The summed E-state index contributed by atoms with van der Waals surface area (Å²) >= 11 is 6.05. The van der Waals surface area contributed by atoms with Gasteiger partial charge in [-0.15, -0.1) is 0 Å². The van der Waals surface area contributed by atoms with Crippen molar-refractivity contribution < 1.29 is 14.3 Å². The SMILES string of the molecule is COc1cccc(NC(=O)CCC2=NNC3N(Cc4ccc(Cl)cc4)C(=O)C4CCCCC4N23)c1. The molecule has 0 spiro atoms. The third-order valence-corrected chi connectivity index (χ3v) is 7.30. The van der Waals surface area contributed by atoms with Crippen LogP contribution >= 0.6 is 11.6 Å². The van der Waals surface area contributed by atoms with Crippen LogP contribution in [0, 0.1) is 5.92 Å². The zero-order valence-corrected chi connectivity index (χ0v) is 20.5. The lowest BCUT2D eigenvalue weighted by Gasteiger charge is -2.50. The van der Waals surface area contributed by atoms with Crippen LogP contribution < -0.4 is 15.5 Å². The molecule has 0 aromatic heterocycles. The van der Waals surface area contributed by atoms with Crippen molar-refractivity contribution in [2.24, 2.45) is 11.0 Å². The summed E-state index contributed by atoms with van der Waals surface area (Å²) in [6.45, 7) is 0.479. The molecule has 1 saturated carbocycles. The van der Waals surface area contributed by atoms with E-state index in [1.807, 2.05) is 47.4 Å². The molecular formula is C26H30ClN5O3. The molecule has 0 radical (unpaired) electrons. The molecule has 2 amide bonds. The van der Waals surface area contributed by atoms with Gasteiger partial charge in [0.25, 0.3) is 0 Å². The van der Waals surface area contributed by atoms with E-state index in [0.717, 1.165) is 37.1 Å². The minimum absolute atomic E-state index is 0.0528. The Kier molecular flexibility index (Phi) is 6.81. The molecule has 2 heterocycles. The highest BCUT2D eigenvalue weighted by Crippen LogP contribution is 2.38. The standard InChI is InChI=1S/C26H30ClN5O3/c1-35-20-6-4-5-19(15-20)28-24(33)14-13-23-29-30-26-31(16-17-9-11-18(27)12-10-17)25(34)21-7-2-3-8-22(21)32(23)26/h4-6,9-12,15,21-22,26,30H,2-3,7-8,13-14,16H2,1H3,(H,28,33). The molecule has 5 rings (SSSR count). The van der Waals surface area contributed by atoms with Crippen LogP contribution in [0.25, 0.3) is 0 Å². The van der Waals surface area contributed by atoms with E-state index in [9.17, 15) is 9.59 Å². The number of methoxy groups -OCH3 is 1. The first-order chi connectivity index (χ1) is 17.0. The van der Waals surface area contributed by atoms with Gasteiger partial charge in [0.1, 0.15) is 11.6 Å². The number of rotatable bonds is 7. The van der Waals surface area contributed by atoms with Crippen molar-refractivity contribution in [1.29, 1.82) is 0 Å². The molecule has 2 fully saturated rings. The van der Waals surface area contributed by atoms with Gasteiger partial charge in [-0.2, -0.15) is 5.10 Å². The van der Waals surface area contributed by atoms with E-state index >= 15 is 0 Å². The maximum absolute atomic E-state index is 13.5. The molecule has 2 aromatic rings. The van der Waals surface area contributed by atoms with Crippen molar-refractivity contribution in [3.8, 4) is 5.75 Å². The van der Waals surface area contributed by atoms with Crippen LogP contribution in [0.3, 0.4) is 0 Å². The van der Waals surface area contributed by atoms with Crippen molar-refractivity contribution in [2.45, 2.75) is 57.4 Å². The summed E-state index contributed by atoms with van der Waals surface area (Å²) in [6.07, 6.45) is 4.44. The third kappa shape index (κ3) is 4.93. The number of ether oxygens (including phenoxy) is 1. The van der Waals surface area contributed by atoms with Gasteiger partial charge in [0, 0.05) is 42.2 Å². The highest BCUT2D eigenvalue weighted by Gasteiger charge is 2.50. The predicted octanol–water partition coefficient (Wildman–Crippen LogP) is 4.17. The van der Waals surface area contributed by atoms with E-state index < -0.39 is 0 Å². The summed E-state index contributed by atoms with van der Waals surface area (Å²) in [5.74, 6) is 1.56. The maximum atomic E-state index is 13.5. The van der Waals surface area contributed by atoms with E-state index in [1.165, 1.54) is 0 Å². The largest absolute Gasteiger partial charge is 0.497 e. The Bertz CT molecular complexity index is 1120. The smallest absolute Gasteiger partial charge is 0.231 e. The van der Waals surface area contributed by atoms with Crippen molar-refractivity contribution in [2.75, 3.05) is 12.4 Å². The van der Waals surface area contributed by atoms with Crippen LogP contribution in [0.2, 0.25) is 5.02 Å². The Labute approximate surface area is 210 Å². The van der Waals surface area contributed by atoms with Crippen molar-refractivity contribution in [1.82, 2.24) is 15.2 Å². The number of hydrogen-bond acceptors (Lipinski definition) is 6. The van der Waals surface area contributed by atoms with E-state index in [2.05, 4.69) is 20.7 Å². The summed E-state index contributed by atoms with van der Waals surface area (Å²) < 4.78 is 5.23. The van der Waals surface area contributed by atoms with Gasteiger partial charge in [-0.05, 0) is 42.7 Å². The summed E-state index contributed by atoms with van der Waals surface area (Å²) in [7, 11) is 1.60. The molecule has 8 nitrogen and oxygen atoms in total. The minimum atomic E-state index is -0.339. The van der Waals surface area contributed by atoms with Gasteiger partial charge in [-0.25, -0.2) is 0 Å². The van der Waals surface area contributed by atoms with Crippen LogP contribution in [0.15, 0.2) is 53.6 Å². The average molecular weight is 496 g/mol. The van der Waals surface area contributed by atoms with Gasteiger partial charge in [0.05, 0.1) is 13.0 Å². The van der Waals surface area contributed by atoms with Crippen LogP contribution in [-0.2, 0) is 16.1 Å². The molecule has 9 heteroatoms. The average Bonchev–Trinajstić information content (AvgIpc) is 3.30. The van der Waals surface area contributed by atoms with E-state index in [0.29, 0.717) is 35.8 Å². The Morgan fingerprint density at radius 3 is 2.80 bits per heavy atom. The van der Waals surface area contributed by atoms with Gasteiger partial charge in [0.15, 0.2) is 6.29 Å². The number of hydrazone groups is 1. The maximum Gasteiger partial charge on any atom is 0.231 e. The molecule has 2 aliphatic heterocycles. The highest BCUT2D eigenvalue weighted by atomic mass is 35.5. The molecule has 3 atom stereocenters. The topological polar surface area (TPSA) is 86.3 Å². The second-order valence-electron chi connectivity index (χ2n) is 9.27. The number of nitrogens with zero attached hydrogens (tertiary/aromatic N) is 3. The highest BCUT2D eigenvalue weighted by molar-refractivity contribution is 6.30. The molecule has 184 valence electrons. The number of carbonyl (C=O) groups excluding carboxylic acids is 2. The van der Waals surface area contributed by atoms with Crippen LogP contribution in [0.5, 0.6) is 5.75 Å². The molecule has 3 aliphatic rings. The Balaban J connectivity index is 1.29. The molecule has 2 N–H and O–H groups in total. The van der Waals surface area contributed by atoms with Crippen LogP contribution in [0.1, 0.15) is 44.1 Å². The van der Waals surface area contributed by atoms with E-state index in [1.54, 1.807) is 13.2 Å². The molecule has 0 bridgehead atoms. The van der Waals surface area contributed by atoms with Crippen LogP contribution in [-0.4, -0.2) is 46.9 Å². The molecule has 1 aliphatic carbocycles. The number of hydrogen-bond donors (Lipinski definition) is 2. The fourth-order valence-corrected chi connectivity index (χ4v) is 5.46. The van der Waals surface area contributed by atoms with Gasteiger partial charge < -0.3 is 15.0 Å². The van der Waals surface area contributed by atoms with E-state index in [-0.39, 0.29) is 30.1 Å². The van der Waals surface area contributed by atoms with Gasteiger partial charge in [-0.1, -0.05) is 42.6 Å². The van der Waals surface area contributed by atoms with Gasteiger partial charge in [0.2, 0.25) is 11.8 Å². The summed E-state index contributed by atoms with van der Waals surface area (Å²) in [5, 5.41) is 8.20. The molecule has 3 unspecified atom stereocenters. The van der Waals surface area contributed by atoms with E-state index in [4.69, 9.17) is 16.3 Å². The zero-order valence-electron chi connectivity index (χ0n) is 19.7. The number of anilines is 1. The molecule has 1 saturated heterocycles. The monoisotopic (exact) mass is 495 g/mol.